The molecule has 0 aliphatic heterocycles. The molecule has 1 aromatic carbocycles. The molecule has 0 atom stereocenters. The summed E-state index contributed by atoms with van der Waals surface area (Å²) in [7, 11) is 0. The van der Waals surface area contributed by atoms with Crippen molar-refractivity contribution in [2.45, 2.75) is 32.1 Å². The molecule has 1 nitrogen and oxygen atoms in total. The molecule has 0 unspecified atom stereocenters. The number of allylic oxidation sites excluding steroid dienone is 2. The fourth-order valence-corrected chi connectivity index (χ4v) is 1.97. The summed E-state index contributed by atoms with van der Waals surface area (Å²) >= 11 is 4.44. The third-order valence-electron chi connectivity index (χ3n) is 2.72. The summed E-state index contributed by atoms with van der Waals surface area (Å²) in [6.45, 7) is 8.86. The van der Waals surface area contributed by atoms with E-state index in [4.69, 9.17) is 0 Å². The topological polar surface area (TPSA) is 12.4 Å². The van der Waals surface area contributed by atoms with Crippen molar-refractivity contribution in [3.8, 4) is 0 Å². The van der Waals surface area contributed by atoms with Crippen LogP contribution in [-0.2, 0) is 6.42 Å². The summed E-state index contributed by atoms with van der Waals surface area (Å²) in [5.74, 6) is -0.333. The first kappa shape index (κ1) is 14.7. The molecule has 1 aromatic rings. The lowest BCUT2D eigenvalue weighted by Gasteiger charge is -2.06. The van der Waals surface area contributed by atoms with Crippen molar-refractivity contribution in [3.63, 3.8) is 0 Å². The molecule has 0 heterocycles. The first-order chi connectivity index (χ1) is 8.49. The van der Waals surface area contributed by atoms with Crippen LogP contribution in [-0.4, -0.2) is 5.71 Å². The number of aliphatic imine (C=N–C) groups is 1. The number of hydrogen-bond acceptors (Lipinski definition) is 2. The Bertz CT molecular complexity index is 511. The Labute approximate surface area is 114 Å². The molecular weight excluding hydrogens is 245 g/mol. The lowest BCUT2D eigenvalue weighted by molar-refractivity contribution is 0.630. The van der Waals surface area contributed by atoms with Crippen LogP contribution < -0.4 is 0 Å². The maximum atomic E-state index is 13.1. The van der Waals surface area contributed by atoms with E-state index < -0.39 is 0 Å². The van der Waals surface area contributed by atoms with Crippen LogP contribution in [0.2, 0.25) is 0 Å². The molecule has 18 heavy (non-hydrogen) atoms. The summed E-state index contributed by atoms with van der Waals surface area (Å²) in [5.41, 5.74) is 3.15. The molecule has 0 spiro atoms. The Hall–Kier alpha value is -1.35. The van der Waals surface area contributed by atoms with Crippen molar-refractivity contribution >= 4 is 18.3 Å². The minimum atomic E-state index is -0.333. The molecule has 0 saturated heterocycles. The van der Waals surface area contributed by atoms with Crippen molar-refractivity contribution in [1.29, 1.82) is 0 Å². The minimum Gasteiger partial charge on any atom is -0.250 e. The third-order valence-corrected chi connectivity index (χ3v) is 3.13. The van der Waals surface area contributed by atoms with Crippen LogP contribution in [0.1, 0.15) is 31.9 Å². The highest BCUT2D eigenvalue weighted by molar-refractivity contribution is 7.80. The van der Waals surface area contributed by atoms with E-state index >= 15 is 0 Å². The van der Waals surface area contributed by atoms with Gasteiger partial charge in [0.2, 0.25) is 0 Å². The Morgan fingerprint density at radius 2 is 2.11 bits per heavy atom. The van der Waals surface area contributed by atoms with Crippen molar-refractivity contribution in [2.24, 2.45) is 4.99 Å². The fourth-order valence-electron chi connectivity index (χ4n) is 1.60. The molecule has 0 aliphatic carbocycles. The second-order valence-corrected chi connectivity index (χ2v) is 4.50. The van der Waals surface area contributed by atoms with Crippen LogP contribution in [0.15, 0.2) is 52.3 Å². The second kappa shape index (κ2) is 6.55. The zero-order chi connectivity index (χ0) is 13.7. The number of aryl methyl sites for hydroxylation is 1. The zero-order valence-electron chi connectivity index (χ0n) is 11.0. The van der Waals surface area contributed by atoms with E-state index in [1.54, 1.807) is 0 Å². The Balaban J connectivity index is 3.15. The lowest BCUT2D eigenvalue weighted by atomic mass is 10.1. The van der Waals surface area contributed by atoms with Gasteiger partial charge in [-0.05, 0) is 43.5 Å². The first-order valence-electron chi connectivity index (χ1n) is 5.86. The van der Waals surface area contributed by atoms with E-state index in [9.17, 15) is 4.39 Å². The molecule has 0 N–H and O–H groups in total. The van der Waals surface area contributed by atoms with E-state index in [0.29, 0.717) is 0 Å². The zero-order valence-corrected chi connectivity index (χ0v) is 11.9. The molecule has 3 heteroatoms. The number of nitrogens with zero attached hydrogens (tertiary/aromatic N) is 1. The van der Waals surface area contributed by atoms with Crippen molar-refractivity contribution < 1.29 is 4.39 Å². The number of rotatable bonds is 4. The normalized spacial score (nSPS) is 13.3. The maximum absolute atomic E-state index is 13.1. The molecule has 0 bridgehead atoms. The standard InChI is InChI=1S/C15H18FNS/c1-5-12-7-8-13(9-15(12)18)11(4)17-14(6-2)10(3)16/h6-9,18H,2,5H2,1,3-4H3/b14-10+,17-11+. The molecular formula is C15H18FNS. The van der Waals surface area contributed by atoms with Gasteiger partial charge in [-0.2, -0.15) is 0 Å². The van der Waals surface area contributed by atoms with Gasteiger partial charge in [-0.3, -0.25) is 4.99 Å². The largest absolute Gasteiger partial charge is 0.250 e. The molecule has 0 aliphatic rings. The van der Waals surface area contributed by atoms with Gasteiger partial charge in [0.05, 0.1) is 5.70 Å². The Morgan fingerprint density at radius 1 is 1.44 bits per heavy atom. The van der Waals surface area contributed by atoms with E-state index in [-0.39, 0.29) is 11.5 Å². The second-order valence-electron chi connectivity index (χ2n) is 4.02. The third kappa shape index (κ3) is 3.57. The predicted molar refractivity (Wildman–Crippen MR) is 79.3 cm³/mol. The number of hydrogen-bond donors (Lipinski definition) is 1. The van der Waals surface area contributed by atoms with Gasteiger partial charge in [-0.1, -0.05) is 25.6 Å². The summed E-state index contributed by atoms with van der Waals surface area (Å²) < 4.78 is 13.1. The van der Waals surface area contributed by atoms with Gasteiger partial charge >= 0.3 is 0 Å². The van der Waals surface area contributed by atoms with E-state index in [1.807, 2.05) is 25.1 Å². The average Bonchev–Trinajstić information content (AvgIpc) is 2.35. The van der Waals surface area contributed by atoms with Gasteiger partial charge in [0.15, 0.2) is 0 Å². The molecule has 0 aromatic heterocycles. The summed E-state index contributed by atoms with van der Waals surface area (Å²) in [4.78, 5) is 5.17. The van der Waals surface area contributed by atoms with E-state index in [2.05, 4.69) is 31.1 Å². The first-order valence-corrected chi connectivity index (χ1v) is 6.30. The molecule has 0 amide bonds. The summed E-state index contributed by atoms with van der Waals surface area (Å²) in [5, 5.41) is 0. The van der Waals surface area contributed by atoms with Crippen LogP contribution >= 0.6 is 12.6 Å². The van der Waals surface area contributed by atoms with Crippen molar-refractivity contribution in [3.05, 3.63) is 53.5 Å². The summed E-state index contributed by atoms with van der Waals surface area (Å²) in [6, 6.07) is 5.96. The van der Waals surface area contributed by atoms with Gasteiger partial charge in [0, 0.05) is 10.6 Å². The predicted octanol–water partition coefficient (Wildman–Crippen LogP) is 4.73. The van der Waals surface area contributed by atoms with E-state index in [0.717, 1.165) is 22.6 Å². The van der Waals surface area contributed by atoms with Crippen molar-refractivity contribution in [1.82, 2.24) is 0 Å². The molecule has 0 saturated carbocycles. The van der Waals surface area contributed by atoms with Gasteiger partial charge in [0.1, 0.15) is 5.83 Å². The number of benzene rings is 1. The smallest absolute Gasteiger partial charge is 0.122 e. The highest BCUT2D eigenvalue weighted by Crippen LogP contribution is 2.18. The van der Waals surface area contributed by atoms with Crippen molar-refractivity contribution in [2.75, 3.05) is 0 Å². The van der Waals surface area contributed by atoms with Crippen LogP contribution in [0.4, 0.5) is 4.39 Å². The van der Waals surface area contributed by atoms with Crippen LogP contribution in [0.25, 0.3) is 0 Å². The molecule has 96 valence electrons. The highest BCUT2D eigenvalue weighted by Gasteiger charge is 2.03. The summed E-state index contributed by atoms with van der Waals surface area (Å²) in [6.07, 6.45) is 2.36. The minimum absolute atomic E-state index is 0.271. The van der Waals surface area contributed by atoms with Gasteiger partial charge in [0.25, 0.3) is 0 Å². The number of halogens is 1. The number of thiol groups is 1. The van der Waals surface area contributed by atoms with Crippen LogP contribution in [0.3, 0.4) is 0 Å². The SMILES string of the molecule is C=CC(/N=C(\C)c1ccc(CC)c(S)c1)=C(/C)F. The quantitative estimate of drug-likeness (QED) is 0.458. The average molecular weight is 263 g/mol. The van der Waals surface area contributed by atoms with E-state index in [1.165, 1.54) is 18.6 Å². The molecule has 0 radical (unpaired) electrons. The maximum Gasteiger partial charge on any atom is 0.122 e. The van der Waals surface area contributed by atoms with Crippen LogP contribution in [0, 0.1) is 0 Å². The molecule has 1 rings (SSSR count). The Morgan fingerprint density at radius 3 is 2.56 bits per heavy atom. The van der Waals surface area contributed by atoms with Gasteiger partial charge in [-0.25, -0.2) is 4.39 Å². The van der Waals surface area contributed by atoms with Gasteiger partial charge < -0.3 is 0 Å². The monoisotopic (exact) mass is 263 g/mol. The van der Waals surface area contributed by atoms with Crippen LogP contribution in [0.5, 0.6) is 0 Å². The molecule has 0 fully saturated rings. The highest BCUT2D eigenvalue weighted by atomic mass is 32.1. The van der Waals surface area contributed by atoms with Gasteiger partial charge in [-0.15, -0.1) is 12.6 Å². The lowest BCUT2D eigenvalue weighted by Crippen LogP contribution is -1.97. The fraction of sp³-hybridized carbons (Fsp3) is 0.267. The Kier molecular flexibility index (Phi) is 5.35.